The molecule has 0 fully saturated rings. The zero-order valence-electron chi connectivity index (χ0n) is 7.51. The van der Waals surface area contributed by atoms with Gasteiger partial charge >= 0.3 is 0 Å². The lowest BCUT2D eigenvalue weighted by Crippen LogP contribution is -1.76. The molecule has 0 radical (unpaired) electrons. The number of hydrogen-bond acceptors (Lipinski definition) is 5. The van der Waals surface area contributed by atoms with E-state index in [1.54, 1.807) is 6.07 Å². The van der Waals surface area contributed by atoms with Crippen molar-refractivity contribution in [1.29, 1.82) is 10.5 Å². The lowest BCUT2D eigenvalue weighted by Gasteiger charge is -1.91. The number of nitrogens with zero attached hydrogens (tertiary/aromatic N) is 4. The van der Waals surface area contributed by atoms with Crippen LogP contribution in [0, 0.1) is 22.7 Å². The van der Waals surface area contributed by atoms with Gasteiger partial charge in [0.2, 0.25) is 0 Å². The van der Waals surface area contributed by atoms with Gasteiger partial charge in [0.05, 0.1) is 4.70 Å². The molecule has 0 aliphatic rings. The van der Waals surface area contributed by atoms with Gasteiger partial charge in [-0.3, -0.25) is 0 Å². The van der Waals surface area contributed by atoms with E-state index in [0.717, 1.165) is 15.8 Å². The van der Waals surface area contributed by atoms with Crippen molar-refractivity contribution in [3.8, 4) is 12.1 Å². The van der Waals surface area contributed by atoms with Crippen molar-refractivity contribution in [2.24, 2.45) is 0 Å². The highest BCUT2D eigenvalue weighted by molar-refractivity contribution is 7.12. The third-order valence-electron chi connectivity index (χ3n) is 1.82. The second-order valence-corrected chi connectivity index (χ2v) is 3.57. The fourth-order valence-corrected chi connectivity index (χ4v) is 1.68. The first-order valence-corrected chi connectivity index (χ1v) is 4.85. The van der Waals surface area contributed by atoms with Gasteiger partial charge in [-0.05, 0) is 35.3 Å². The number of allylic oxidation sites excluding steroid dienone is 1. The maximum Gasteiger partial charge on any atom is 0.130 e. The summed E-state index contributed by atoms with van der Waals surface area (Å²) in [7, 11) is 0. The smallest absolute Gasteiger partial charge is 0.130 e. The van der Waals surface area contributed by atoms with Gasteiger partial charge in [0.25, 0.3) is 0 Å². The highest BCUT2D eigenvalue weighted by atomic mass is 32.1. The van der Waals surface area contributed by atoms with E-state index in [-0.39, 0.29) is 5.57 Å². The number of nitriles is 2. The lowest BCUT2D eigenvalue weighted by atomic mass is 10.1. The Morgan fingerprint density at radius 2 is 2.13 bits per heavy atom. The third kappa shape index (κ3) is 1.83. The predicted octanol–water partition coefficient (Wildman–Crippen LogP) is 2.12. The summed E-state index contributed by atoms with van der Waals surface area (Å²) in [4.78, 5) is 0. The molecule has 70 valence electrons. The van der Waals surface area contributed by atoms with E-state index in [1.165, 1.54) is 17.6 Å². The molecule has 0 bridgehead atoms. The van der Waals surface area contributed by atoms with E-state index in [1.807, 2.05) is 24.3 Å². The van der Waals surface area contributed by atoms with Crippen LogP contribution in [0.1, 0.15) is 5.56 Å². The molecule has 2 rings (SSSR count). The van der Waals surface area contributed by atoms with Crippen LogP contribution in [-0.4, -0.2) is 9.59 Å². The maximum absolute atomic E-state index is 8.59. The first kappa shape index (κ1) is 9.32. The molecule has 15 heavy (non-hydrogen) atoms. The van der Waals surface area contributed by atoms with Gasteiger partial charge < -0.3 is 0 Å². The van der Waals surface area contributed by atoms with Crippen molar-refractivity contribution in [3.05, 3.63) is 29.3 Å². The van der Waals surface area contributed by atoms with E-state index in [4.69, 9.17) is 10.5 Å². The van der Waals surface area contributed by atoms with Crippen LogP contribution < -0.4 is 0 Å². The number of hydrogen-bond donors (Lipinski definition) is 0. The summed E-state index contributed by atoms with van der Waals surface area (Å²) in [6, 6.07) is 9.12. The Morgan fingerprint density at radius 1 is 1.33 bits per heavy atom. The molecule has 5 heteroatoms. The number of benzene rings is 1. The van der Waals surface area contributed by atoms with Gasteiger partial charge in [0.1, 0.15) is 23.2 Å². The first-order chi connectivity index (χ1) is 7.33. The molecule has 0 unspecified atom stereocenters. The molecule has 1 heterocycles. The average Bonchev–Trinajstić information content (AvgIpc) is 2.73. The zero-order chi connectivity index (χ0) is 10.7. The maximum atomic E-state index is 8.59. The summed E-state index contributed by atoms with van der Waals surface area (Å²) < 4.78 is 4.79. The molecule has 0 amide bonds. The van der Waals surface area contributed by atoms with Crippen LogP contribution in [0.3, 0.4) is 0 Å². The summed E-state index contributed by atoms with van der Waals surface area (Å²) in [5.41, 5.74) is 1.65. The van der Waals surface area contributed by atoms with Crippen molar-refractivity contribution in [2.75, 3.05) is 0 Å². The van der Waals surface area contributed by atoms with Crippen molar-refractivity contribution < 1.29 is 0 Å². The van der Waals surface area contributed by atoms with Crippen molar-refractivity contribution in [1.82, 2.24) is 9.59 Å². The van der Waals surface area contributed by atoms with Gasteiger partial charge in [-0.15, -0.1) is 5.10 Å². The minimum Gasteiger partial charge on any atom is -0.192 e. The van der Waals surface area contributed by atoms with Crippen LogP contribution in [0.4, 0.5) is 0 Å². The van der Waals surface area contributed by atoms with Crippen LogP contribution >= 0.6 is 11.5 Å². The van der Waals surface area contributed by atoms with Crippen molar-refractivity contribution in [3.63, 3.8) is 0 Å². The van der Waals surface area contributed by atoms with Gasteiger partial charge in [-0.1, -0.05) is 10.6 Å². The first-order valence-electron chi connectivity index (χ1n) is 4.07. The summed E-state index contributed by atoms with van der Waals surface area (Å²) in [6.07, 6.45) is 1.53. The minimum absolute atomic E-state index is 0.0811. The number of aromatic nitrogens is 2. The highest BCUT2D eigenvalue weighted by Gasteiger charge is 1.99. The van der Waals surface area contributed by atoms with Crippen LogP contribution in [0.5, 0.6) is 0 Å². The second kappa shape index (κ2) is 3.87. The van der Waals surface area contributed by atoms with Gasteiger partial charge in [0, 0.05) is 0 Å². The van der Waals surface area contributed by atoms with Crippen LogP contribution in [0.15, 0.2) is 23.8 Å². The molecule has 0 N–H and O–H groups in total. The fraction of sp³-hybridized carbons (Fsp3) is 0. The Balaban J connectivity index is 2.51. The highest BCUT2D eigenvalue weighted by Crippen LogP contribution is 2.18. The predicted molar refractivity (Wildman–Crippen MR) is 56.6 cm³/mol. The van der Waals surface area contributed by atoms with E-state index in [9.17, 15) is 0 Å². The van der Waals surface area contributed by atoms with Crippen molar-refractivity contribution >= 4 is 27.8 Å². The molecule has 0 saturated heterocycles. The molecule has 0 spiro atoms. The summed E-state index contributed by atoms with van der Waals surface area (Å²) in [6.45, 7) is 0. The largest absolute Gasteiger partial charge is 0.192 e. The Hall–Kier alpha value is -2.24. The van der Waals surface area contributed by atoms with Crippen LogP contribution in [-0.2, 0) is 0 Å². The van der Waals surface area contributed by atoms with Crippen LogP contribution in [0.25, 0.3) is 16.3 Å². The fourth-order valence-electron chi connectivity index (χ4n) is 1.14. The summed E-state index contributed by atoms with van der Waals surface area (Å²) in [5, 5.41) is 21.1. The van der Waals surface area contributed by atoms with Gasteiger partial charge in [-0.2, -0.15) is 10.5 Å². The third-order valence-corrected chi connectivity index (χ3v) is 2.53. The van der Waals surface area contributed by atoms with E-state index >= 15 is 0 Å². The topological polar surface area (TPSA) is 73.4 Å². The molecular weight excluding hydrogens is 208 g/mol. The molecule has 0 atom stereocenters. The Labute approximate surface area is 89.9 Å². The zero-order valence-corrected chi connectivity index (χ0v) is 8.32. The monoisotopic (exact) mass is 212 g/mol. The molecule has 4 nitrogen and oxygen atoms in total. The Morgan fingerprint density at radius 3 is 2.87 bits per heavy atom. The molecule has 2 aromatic rings. The molecule has 0 aliphatic heterocycles. The molecule has 1 aromatic carbocycles. The average molecular weight is 212 g/mol. The lowest BCUT2D eigenvalue weighted by molar-refractivity contribution is 1.20. The molecular formula is C10H4N4S. The second-order valence-electron chi connectivity index (χ2n) is 2.78. The van der Waals surface area contributed by atoms with Gasteiger partial charge in [0.15, 0.2) is 0 Å². The Kier molecular flexibility index (Phi) is 2.40. The van der Waals surface area contributed by atoms with E-state index < -0.39 is 0 Å². The number of fused-ring (bicyclic) bond motifs is 1. The van der Waals surface area contributed by atoms with E-state index in [2.05, 4.69) is 9.59 Å². The van der Waals surface area contributed by atoms with E-state index in [0.29, 0.717) is 0 Å². The SMILES string of the molecule is N#CC(C#N)=Cc1ccc2snnc2c1. The minimum atomic E-state index is 0.0811. The molecule has 0 aliphatic carbocycles. The quantitative estimate of drug-likeness (QED) is 0.678. The normalized spacial score (nSPS) is 9.20. The number of rotatable bonds is 1. The molecule has 1 aromatic heterocycles. The Bertz CT molecular complexity index is 596. The summed E-state index contributed by atoms with van der Waals surface area (Å²) in [5.74, 6) is 0. The standard InChI is InChI=1S/C10H4N4S/c11-5-8(6-12)3-7-1-2-10-9(4-7)13-14-15-10/h1-4H. The van der Waals surface area contributed by atoms with Gasteiger partial charge in [-0.25, -0.2) is 0 Å². The van der Waals surface area contributed by atoms with Crippen molar-refractivity contribution in [2.45, 2.75) is 0 Å². The molecule has 0 saturated carbocycles. The summed E-state index contributed by atoms with van der Waals surface area (Å²) >= 11 is 1.31. The van der Waals surface area contributed by atoms with Crippen LogP contribution in [0.2, 0.25) is 0 Å².